The lowest BCUT2D eigenvalue weighted by molar-refractivity contribution is -0.119. The molecule has 0 saturated heterocycles. The number of thiophene rings is 1. The maximum absolute atomic E-state index is 12.4. The predicted octanol–water partition coefficient (Wildman–Crippen LogP) is 4.20. The quantitative estimate of drug-likeness (QED) is 0.572. The van der Waals surface area contributed by atoms with E-state index in [-0.39, 0.29) is 17.9 Å². The molecule has 0 aliphatic carbocycles. The van der Waals surface area contributed by atoms with Crippen molar-refractivity contribution >= 4 is 45.0 Å². The zero-order valence-corrected chi connectivity index (χ0v) is 17.6. The number of aryl methyl sites for hydroxylation is 1. The molecule has 0 unspecified atom stereocenters. The molecule has 2 N–H and O–H groups in total. The fourth-order valence-corrected chi connectivity index (χ4v) is 3.99. The van der Waals surface area contributed by atoms with Crippen LogP contribution in [0.25, 0.3) is 10.8 Å². The second-order valence-electron chi connectivity index (χ2n) is 6.55. The van der Waals surface area contributed by atoms with Gasteiger partial charge in [-0.3, -0.25) is 4.79 Å². The molecule has 2 aromatic carbocycles. The zero-order chi connectivity index (χ0) is 21.8. The third-order valence-electron chi connectivity index (χ3n) is 4.54. The van der Waals surface area contributed by atoms with Crippen LogP contribution in [0.5, 0.6) is 5.75 Å². The van der Waals surface area contributed by atoms with Crippen LogP contribution in [0, 0.1) is 13.8 Å². The van der Waals surface area contributed by atoms with Crippen molar-refractivity contribution in [2.75, 3.05) is 18.5 Å². The van der Waals surface area contributed by atoms with Gasteiger partial charge in [0.05, 0.1) is 12.2 Å². The van der Waals surface area contributed by atoms with E-state index in [1.165, 1.54) is 23.5 Å². The number of esters is 2. The lowest BCUT2D eigenvalue weighted by Crippen LogP contribution is -2.21. The Morgan fingerprint density at radius 1 is 1.03 bits per heavy atom. The Kier molecular flexibility index (Phi) is 6.37. The van der Waals surface area contributed by atoms with E-state index >= 15 is 0 Å². The number of amides is 1. The van der Waals surface area contributed by atoms with Crippen LogP contribution in [-0.2, 0) is 14.3 Å². The minimum absolute atomic E-state index is 0.0310. The monoisotopic (exact) mass is 427 g/mol. The van der Waals surface area contributed by atoms with Crippen LogP contribution in [-0.4, -0.2) is 36.2 Å². The molecule has 0 atom stereocenters. The minimum atomic E-state index is -0.822. The van der Waals surface area contributed by atoms with Crippen LogP contribution in [0.4, 0.5) is 5.00 Å². The van der Waals surface area contributed by atoms with Gasteiger partial charge >= 0.3 is 11.9 Å². The van der Waals surface area contributed by atoms with Gasteiger partial charge in [-0.25, -0.2) is 9.59 Å². The summed E-state index contributed by atoms with van der Waals surface area (Å²) in [5, 5.41) is 14.6. The van der Waals surface area contributed by atoms with Crippen molar-refractivity contribution in [2.45, 2.75) is 20.8 Å². The summed E-state index contributed by atoms with van der Waals surface area (Å²) in [7, 11) is 0. The normalized spacial score (nSPS) is 10.6. The number of carbonyl (C=O) groups is 3. The summed E-state index contributed by atoms with van der Waals surface area (Å²) in [6.07, 6.45) is 0. The molecule has 0 bridgehead atoms. The summed E-state index contributed by atoms with van der Waals surface area (Å²) >= 11 is 1.24. The molecule has 3 aromatic rings. The number of phenolic OH excluding ortho intramolecular Hbond substituents is 1. The first-order chi connectivity index (χ1) is 14.3. The molecule has 0 radical (unpaired) electrons. The van der Waals surface area contributed by atoms with Crippen LogP contribution in [0.3, 0.4) is 0 Å². The third-order valence-corrected chi connectivity index (χ3v) is 5.66. The highest BCUT2D eigenvalue weighted by atomic mass is 32.1. The van der Waals surface area contributed by atoms with Gasteiger partial charge in [0.2, 0.25) is 0 Å². The first kappa shape index (κ1) is 21.3. The lowest BCUT2D eigenvalue weighted by atomic mass is 10.1. The molecule has 0 spiro atoms. The summed E-state index contributed by atoms with van der Waals surface area (Å²) in [5.41, 5.74) is 0.995. The van der Waals surface area contributed by atoms with E-state index in [1.807, 2.05) is 25.1 Å². The van der Waals surface area contributed by atoms with Crippen LogP contribution in [0.2, 0.25) is 0 Å². The van der Waals surface area contributed by atoms with Crippen molar-refractivity contribution in [1.82, 2.24) is 0 Å². The second kappa shape index (κ2) is 8.96. The standard InChI is InChI=1S/C22H21NO6S/c1-4-28-22(27)19-12(2)13(3)30-20(19)23-18(25)11-29-21(26)16-9-14-7-5-6-8-15(14)10-17(16)24/h5-10,24H,4,11H2,1-3H3,(H,23,25). The molecule has 0 fully saturated rings. The van der Waals surface area contributed by atoms with Crippen LogP contribution in [0.15, 0.2) is 36.4 Å². The molecule has 1 heterocycles. The average Bonchev–Trinajstić information content (AvgIpc) is 2.99. The summed E-state index contributed by atoms with van der Waals surface area (Å²) < 4.78 is 10.1. The lowest BCUT2D eigenvalue weighted by Gasteiger charge is -2.09. The SMILES string of the molecule is CCOC(=O)c1c(NC(=O)COC(=O)c2cc3ccccc3cc2O)sc(C)c1C. The number of aromatic hydroxyl groups is 1. The van der Waals surface area contributed by atoms with E-state index in [0.717, 1.165) is 21.2 Å². The minimum Gasteiger partial charge on any atom is -0.507 e. The molecule has 156 valence electrons. The van der Waals surface area contributed by atoms with Gasteiger partial charge in [-0.2, -0.15) is 0 Å². The summed E-state index contributed by atoms with van der Waals surface area (Å²) in [5.74, 6) is -2.17. The van der Waals surface area contributed by atoms with Crippen molar-refractivity contribution in [3.63, 3.8) is 0 Å². The Bertz CT molecular complexity index is 1130. The van der Waals surface area contributed by atoms with Gasteiger partial charge in [-0.05, 0) is 49.2 Å². The van der Waals surface area contributed by atoms with E-state index in [2.05, 4.69) is 5.32 Å². The van der Waals surface area contributed by atoms with Crippen LogP contribution >= 0.6 is 11.3 Å². The van der Waals surface area contributed by atoms with E-state index in [0.29, 0.717) is 10.6 Å². The zero-order valence-electron chi connectivity index (χ0n) is 16.8. The summed E-state index contributed by atoms with van der Waals surface area (Å²) in [4.78, 5) is 37.7. The maximum atomic E-state index is 12.4. The molecule has 0 aliphatic heterocycles. The van der Waals surface area contributed by atoms with Gasteiger partial charge in [0.15, 0.2) is 6.61 Å². The number of hydrogen-bond donors (Lipinski definition) is 2. The van der Waals surface area contributed by atoms with E-state index in [9.17, 15) is 19.5 Å². The Balaban J connectivity index is 1.70. The molecule has 3 rings (SSSR count). The van der Waals surface area contributed by atoms with E-state index < -0.39 is 24.5 Å². The number of ether oxygens (including phenoxy) is 2. The maximum Gasteiger partial charge on any atom is 0.342 e. The van der Waals surface area contributed by atoms with Crippen LogP contribution in [0.1, 0.15) is 38.1 Å². The number of phenols is 1. The highest BCUT2D eigenvalue weighted by Crippen LogP contribution is 2.33. The third kappa shape index (κ3) is 4.44. The summed E-state index contributed by atoms with van der Waals surface area (Å²) in [6, 6.07) is 10.2. The van der Waals surface area contributed by atoms with Crippen molar-refractivity contribution in [3.8, 4) is 5.75 Å². The Hall–Kier alpha value is -3.39. The molecule has 30 heavy (non-hydrogen) atoms. The summed E-state index contributed by atoms with van der Waals surface area (Å²) in [6.45, 7) is 4.96. The van der Waals surface area contributed by atoms with Gasteiger partial charge in [0.1, 0.15) is 16.3 Å². The van der Waals surface area contributed by atoms with Gasteiger partial charge in [0.25, 0.3) is 5.91 Å². The van der Waals surface area contributed by atoms with Crippen molar-refractivity contribution < 1.29 is 29.0 Å². The van der Waals surface area contributed by atoms with Crippen LogP contribution < -0.4 is 5.32 Å². The first-order valence-corrected chi connectivity index (χ1v) is 10.1. The molecule has 7 nitrogen and oxygen atoms in total. The largest absolute Gasteiger partial charge is 0.507 e. The molecule has 8 heteroatoms. The van der Waals surface area contributed by atoms with Gasteiger partial charge in [-0.1, -0.05) is 24.3 Å². The van der Waals surface area contributed by atoms with Crippen molar-refractivity contribution in [3.05, 3.63) is 58.0 Å². The van der Waals surface area contributed by atoms with E-state index in [1.54, 1.807) is 19.9 Å². The smallest absolute Gasteiger partial charge is 0.342 e. The molecule has 0 aliphatic rings. The first-order valence-electron chi connectivity index (χ1n) is 9.27. The highest BCUT2D eigenvalue weighted by molar-refractivity contribution is 7.16. The molecule has 1 amide bonds. The molecule has 0 saturated carbocycles. The molecular weight excluding hydrogens is 406 g/mol. The Morgan fingerprint density at radius 3 is 2.37 bits per heavy atom. The number of benzene rings is 2. The van der Waals surface area contributed by atoms with Gasteiger partial charge in [-0.15, -0.1) is 11.3 Å². The van der Waals surface area contributed by atoms with E-state index in [4.69, 9.17) is 9.47 Å². The number of hydrogen-bond acceptors (Lipinski definition) is 7. The number of nitrogens with one attached hydrogen (secondary N) is 1. The Labute approximate surface area is 177 Å². The molecule has 1 aromatic heterocycles. The Morgan fingerprint density at radius 2 is 1.70 bits per heavy atom. The number of anilines is 1. The van der Waals surface area contributed by atoms with Gasteiger partial charge in [0, 0.05) is 4.88 Å². The number of rotatable bonds is 6. The highest BCUT2D eigenvalue weighted by Gasteiger charge is 2.23. The number of fused-ring (bicyclic) bond motifs is 1. The number of carbonyl (C=O) groups excluding carboxylic acids is 3. The topological polar surface area (TPSA) is 102 Å². The van der Waals surface area contributed by atoms with Crippen molar-refractivity contribution in [2.24, 2.45) is 0 Å². The average molecular weight is 427 g/mol. The second-order valence-corrected chi connectivity index (χ2v) is 7.77. The van der Waals surface area contributed by atoms with Gasteiger partial charge < -0.3 is 19.9 Å². The molecular formula is C22H21NO6S. The fraction of sp³-hybridized carbons (Fsp3) is 0.227. The fourth-order valence-electron chi connectivity index (χ4n) is 2.93. The predicted molar refractivity (Wildman–Crippen MR) is 114 cm³/mol. The van der Waals surface area contributed by atoms with Crippen molar-refractivity contribution in [1.29, 1.82) is 0 Å².